The van der Waals surface area contributed by atoms with E-state index < -0.39 is 10.8 Å². The highest BCUT2D eigenvalue weighted by molar-refractivity contribution is 9.10. The molecule has 2 aromatic rings. The Bertz CT molecular complexity index is 670. The highest BCUT2D eigenvalue weighted by Gasteiger charge is 2.16. The van der Waals surface area contributed by atoms with Crippen molar-refractivity contribution >= 4 is 59.7 Å². The number of fused-ring (bicyclic) bond motifs is 1. The Morgan fingerprint density at radius 2 is 2.25 bits per heavy atom. The maximum Gasteiger partial charge on any atom is 0.263 e. The highest BCUT2D eigenvalue weighted by Crippen LogP contribution is 2.35. The van der Waals surface area contributed by atoms with E-state index in [1.165, 1.54) is 11.3 Å². The second kappa shape index (κ2) is 6.69. The van der Waals surface area contributed by atoms with E-state index in [9.17, 15) is 9.00 Å². The number of nitrogens with one attached hydrogen (secondary N) is 1. The Morgan fingerprint density at radius 3 is 2.95 bits per heavy atom. The molecule has 7 heteroatoms. The summed E-state index contributed by atoms with van der Waals surface area (Å²) < 4.78 is 13.2. The zero-order chi connectivity index (χ0) is 14.7. The van der Waals surface area contributed by atoms with Gasteiger partial charge in [0.15, 0.2) is 0 Å². The molecule has 1 aromatic heterocycles. The molecule has 1 aromatic carbocycles. The Morgan fingerprint density at radius 1 is 1.50 bits per heavy atom. The van der Waals surface area contributed by atoms with Crippen LogP contribution in [-0.2, 0) is 10.8 Å². The lowest BCUT2D eigenvalue weighted by Gasteiger charge is -2.03. The molecule has 0 aliphatic heterocycles. The fourth-order valence-electron chi connectivity index (χ4n) is 1.76. The first-order chi connectivity index (χ1) is 9.52. The van der Waals surface area contributed by atoms with Crippen molar-refractivity contribution in [3.63, 3.8) is 0 Å². The summed E-state index contributed by atoms with van der Waals surface area (Å²) >= 11 is 4.76. The standard InChI is InChI=1S/C13H15BrN2O2S2/c1-2-20(18)6-5-16-13(17)12-11(15)9-7-8(14)3-4-10(9)19-12/h3-4,7H,2,5-6,15H2,1H3,(H,16,17). The number of anilines is 1. The van der Waals surface area contributed by atoms with Crippen molar-refractivity contribution in [3.05, 3.63) is 27.5 Å². The Hall–Kier alpha value is -0.920. The molecule has 0 fully saturated rings. The summed E-state index contributed by atoms with van der Waals surface area (Å²) in [6.07, 6.45) is 0. The number of amides is 1. The molecule has 1 heterocycles. The van der Waals surface area contributed by atoms with E-state index in [4.69, 9.17) is 5.73 Å². The SMILES string of the molecule is CCS(=O)CCNC(=O)c1sc2ccc(Br)cc2c1N. The quantitative estimate of drug-likeness (QED) is 0.844. The van der Waals surface area contributed by atoms with Gasteiger partial charge in [-0.15, -0.1) is 11.3 Å². The largest absolute Gasteiger partial charge is 0.397 e. The third-order valence-electron chi connectivity index (χ3n) is 2.83. The number of carbonyl (C=O) groups excluding carboxylic acids is 1. The topological polar surface area (TPSA) is 72.2 Å². The van der Waals surface area contributed by atoms with Gasteiger partial charge in [0, 0.05) is 43.4 Å². The molecule has 1 unspecified atom stereocenters. The zero-order valence-corrected chi connectivity index (χ0v) is 14.2. The van der Waals surface area contributed by atoms with E-state index in [0.717, 1.165) is 14.6 Å². The Labute approximate surface area is 132 Å². The predicted octanol–water partition coefficient (Wildman–Crippen LogP) is 2.74. The molecular formula is C13H15BrN2O2S2. The summed E-state index contributed by atoms with van der Waals surface area (Å²) in [4.78, 5) is 12.6. The molecule has 0 saturated heterocycles. The number of nitrogen functional groups attached to an aromatic ring is 1. The maximum absolute atomic E-state index is 12.1. The monoisotopic (exact) mass is 374 g/mol. The summed E-state index contributed by atoms with van der Waals surface area (Å²) in [6.45, 7) is 2.26. The van der Waals surface area contributed by atoms with Crippen LogP contribution < -0.4 is 11.1 Å². The molecule has 0 aliphatic rings. The normalized spacial score (nSPS) is 12.5. The molecule has 0 spiro atoms. The van der Waals surface area contributed by atoms with Gasteiger partial charge in [-0.05, 0) is 18.2 Å². The average molecular weight is 375 g/mol. The van der Waals surface area contributed by atoms with E-state index in [2.05, 4.69) is 21.2 Å². The summed E-state index contributed by atoms with van der Waals surface area (Å²) in [5.74, 6) is 0.876. The van der Waals surface area contributed by atoms with Crippen molar-refractivity contribution < 1.29 is 9.00 Å². The molecule has 4 nitrogen and oxygen atoms in total. The number of rotatable bonds is 5. The van der Waals surface area contributed by atoms with Crippen LogP contribution in [0.5, 0.6) is 0 Å². The Balaban J connectivity index is 2.14. The average Bonchev–Trinajstić information content (AvgIpc) is 2.75. The molecule has 0 radical (unpaired) electrons. The van der Waals surface area contributed by atoms with Crippen LogP contribution in [0.3, 0.4) is 0 Å². The predicted molar refractivity (Wildman–Crippen MR) is 89.8 cm³/mol. The summed E-state index contributed by atoms with van der Waals surface area (Å²) in [6, 6.07) is 5.76. The molecule has 0 saturated carbocycles. The number of thiophene rings is 1. The number of benzene rings is 1. The van der Waals surface area contributed by atoms with Gasteiger partial charge in [0.2, 0.25) is 0 Å². The molecule has 1 amide bonds. The van der Waals surface area contributed by atoms with Crippen molar-refractivity contribution in [1.29, 1.82) is 0 Å². The minimum Gasteiger partial charge on any atom is -0.397 e. The minimum absolute atomic E-state index is 0.201. The zero-order valence-electron chi connectivity index (χ0n) is 10.9. The van der Waals surface area contributed by atoms with Gasteiger partial charge in [0.1, 0.15) is 4.88 Å². The van der Waals surface area contributed by atoms with E-state index in [-0.39, 0.29) is 5.91 Å². The maximum atomic E-state index is 12.1. The smallest absolute Gasteiger partial charge is 0.263 e. The molecule has 20 heavy (non-hydrogen) atoms. The molecule has 0 bridgehead atoms. The van der Waals surface area contributed by atoms with Crippen LogP contribution >= 0.6 is 27.3 Å². The highest BCUT2D eigenvalue weighted by atomic mass is 79.9. The molecule has 0 aliphatic carbocycles. The second-order valence-corrected chi connectivity index (χ2v) is 8.01. The van der Waals surface area contributed by atoms with Gasteiger partial charge in [-0.2, -0.15) is 0 Å². The number of carbonyl (C=O) groups is 1. The Kier molecular flexibility index (Phi) is 5.17. The van der Waals surface area contributed by atoms with E-state index >= 15 is 0 Å². The van der Waals surface area contributed by atoms with Gasteiger partial charge in [0.05, 0.1) is 5.69 Å². The van der Waals surface area contributed by atoms with Crippen molar-refractivity contribution in [3.8, 4) is 0 Å². The number of hydrogen-bond donors (Lipinski definition) is 2. The fraction of sp³-hybridized carbons (Fsp3) is 0.308. The van der Waals surface area contributed by atoms with E-state index in [0.29, 0.717) is 28.6 Å². The van der Waals surface area contributed by atoms with Crippen LogP contribution in [0, 0.1) is 0 Å². The van der Waals surface area contributed by atoms with Crippen LogP contribution in [-0.4, -0.2) is 28.2 Å². The van der Waals surface area contributed by atoms with Crippen molar-refractivity contribution in [2.75, 3.05) is 23.8 Å². The number of nitrogens with two attached hydrogens (primary N) is 1. The van der Waals surface area contributed by atoms with Crippen LogP contribution in [0.2, 0.25) is 0 Å². The fourth-order valence-corrected chi connectivity index (χ4v) is 3.76. The van der Waals surface area contributed by atoms with Gasteiger partial charge in [-0.1, -0.05) is 22.9 Å². The lowest BCUT2D eigenvalue weighted by Crippen LogP contribution is -2.27. The van der Waals surface area contributed by atoms with Gasteiger partial charge < -0.3 is 11.1 Å². The van der Waals surface area contributed by atoms with Crippen molar-refractivity contribution in [1.82, 2.24) is 5.32 Å². The minimum atomic E-state index is -0.872. The number of halogens is 1. The van der Waals surface area contributed by atoms with Gasteiger partial charge in [-0.25, -0.2) is 0 Å². The molecule has 1 atom stereocenters. The molecule has 2 rings (SSSR count). The van der Waals surface area contributed by atoms with Crippen molar-refractivity contribution in [2.24, 2.45) is 0 Å². The van der Waals surface area contributed by atoms with Crippen LogP contribution in [0.15, 0.2) is 22.7 Å². The third-order valence-corrected chi connectivity index (χ3v) is 5.81. The molecule has 108 valence electrons. The lowest BCUT2D eigenvalue weighted by molar-refractivity contribution is 0.0961. The van der Waals surface area contributed by atoms with Gasteiger partial charge in [0.25, 0.3) is 5.91 Å². The van der Waals surface area contributed by atoms with Crippen LogP contribution in [0.25, 0.3) is 10.1 Å². The third kappa shape index (κ3) is 3.39. The second-order valence-electron chi connectivity index (χ2n) is 4.17. The summed E-state index contributed by atoms with van der Waals surface area (Å²) in [5, 5.41) is 3.65. The lowest BCUT2D eigenvalue weighted by atomic mass is 10.2. The molecular weight excluding hydrogens is 360 g/mol. The van der Waals surface area contributed by atoms with Crippen LogP contribution in [0.1, 0.15) is 16.6 Å². The summed E-state index contributed by atoms with van der Waals surface area (Å²) in [7, 11) is -0.872. The first-order valence-corrected chi connectivity index (χ1v) is 9.23. The number of hydrogen-bond acceptors (Lipinski definition) is 4. The summed E-state index contributed by atoms with van der Waals surface area (Å²) in [5.41, 5.74) is 6.54. The van der Waals surface area contributed by atoms with Gasteiger partial charge in [-0.3, -0.25) is 9.00 Å². The molecule has 3 N–H and O–H groups in total. The first kappa shape index (κ1) is 15.5. The first-order valence-electron chi connectivity index (χ1n) is 6.13. The van der Waals surface area contributed by atoms with Crippen LogP contribution in [0.4, 0.5) is 5.69 Å². The van der Waals surface area contributed by atoms with E-state index in [1.54, 1.807) is 0 Å². The van der Waals surface area contributed by atoms with Gasteiger partial charge >= 0.3 is 0 Å². The van der Waals surface area contributed by atoms with Crippen molar-refractivity contribution in [2.45, 2.75) is 6.92 Å². The van der Waals surface area contributed by atoms with E-state index in [1.807, 2.05) is 25.1 Å².